The van der Waals surface area contributed by atoms with Crippen LogP contribution >= 0.6 is 11.8 Å². The van der Waals surface area contributed by atoms with Crippen molar-refractivity contribution < 1.29 is 36.9 Å². The predicted octanol–water partition coefficient (Wildman–Crippen LogP) is 7.92. The first-order valence-corrected chi connectivity index (χ1v) is 21.7. The van der Waals surface area contributed by atoms with E-state index in [1.807, 2.05) is 45.0 Å². The predicted molar refractivity (Wildman–Crippen MR) is 230 cm³/mol. The molecule has 0 radical (unpaired) electrons. The van der Waals surface area contributed by atoms with Gasteiger partial charge in [-0.15, -0.1) is 0 Å². The van der Waals surface area contributed by atoms with E-state index in [2.05, 4.69) is 26.3 Å². The number of anilines is 4. The van der Waals surface area contributed by atoms with E-state index in [0.29, 0.717) is 76.0 Å². The Morgan fingerprint density at radius 1 is 0.879 bits per heavy atom. The molecule has 1 aromatic heterocycles. The van der Waals surface area contributed by atoms with Gasteiger partial charge in [0.05, 0.1) is 51.8 Å². The Morgan fingerprint density at radius 2 is 1.60 bits per heavy atom. The lowest BCUT2D eigenvalue weighted by Gasteiger charge is -2.45. The fourth-order valence-corrected chi connectivity index (χ4v) is 8.47. The van der Waals surface area contributed by atoms with E-state index >= 15 is 0 Å². The number of rotatable bonds is 13. The summed E-state index contributed by atoms with van der Waals surface area (Å²) in [5.41, 5.74) is 1.93. The van der Waals surface area contributed by atoms with Gasteiger partial charge in [0.15, 0.2) is 15.6 Å². The van der Waals surface area contributed by atoms with Crippen LogP contribution in [0.15, 0.2) is 90.0 Å². The number of carbonyl (C=O) groups is 2. The van der Waals surface area contributed by atoms with Crippen LogP contribution < -0.4 is 35.5 Å². The smallest absolute Gasteiger partial charge is 0.323 e. The van der Waals surface area contributed by atoms with E-state index in [1.165, 1.54) is 14.2 Å². The summed E-state index contributed by atoms with van der Waals surface area (Å²) >= 11 is 1.78. The molecule has 4 N–H and O–H groups in total. The number of methoxy groups -OCH3 is 2. The van der Waals surface area contributed by atoms with Gasteiger partial charge in [-0.05, 0) is 53.4 Å². The van der Waals surface area contributed by atoms with E-state index < -0.39 is 21.3 Å². The van der Waals surface area contributed by atoms with E-state index in [-0.39, 0.29) is 33.4 Å². The summed E-state index contributed by atoms with van der Waals surface area (Å²) in [6, 6.07) is 22.1. The Hall–Kier alpha value is -5.55. The molecule has 0 bridgehead atoms. The van der Waals surface area contributed by atoms with Crippen LogP contribution in [0.2, 0.25) is 0 Å². The van der Waals surface area contributed by atoms with Crippen molar-refractivity contribution in [2.75, 3.05) is 74.1 Å². The number of pyridine rings is 1. The minimum atomic E-state index is -3.69. The fraction of sp³-hybridized carbons (Fsp3) is 0.310. The molecule has 1 aliphatic heterocycles. The summed E-state index contributed by atoms with van der Waals surface area (Å²) in [5, 5.41) is 26.1. The van der Waals surface area contributed by atoms with Crippen molar-refractivity contribution >= 4 is 67.2 Å². The Kier molecular flexibility index (Phi) is 12.7. The van der Waals surface area contributed by atoms with E-state index in [9.17, 15) is 23.2 Å². The highest BCUT2D eigenvalue weighted by Gasteiger charge is 2.26. The maximum Gasteiger partial charge on any atom is 0.323 e. The second-order valence-corrected chi connectivity index (χ2v) is 18.2. The highest BCUT2D eigenvalue weighted by Crippen LogP contribution is 2.39. The molecule has 4 aromatic carbocycles. The Morgan fingerprint density at radius 3 is 2.29 bits per heavy atom. The van der Waals surface area contributed by atoms with Gasteiger partial charge in [0, 0.05) is 58.1 Å². The number of aromatic nitrogens is 1. The summed E-state index contributed by atoms with van der Waals surface area (Å²) in [6.45, 7) is 7.53. The quantitative estimate of drug-likeness (QED) is 0.0669. The van der Waals surface area contributed by atoms with Gasteiger partial charge in [-0.3, -0.25) is 4.79 Å². The summed E-state index contributed by atoms with van der Waals surface area (Å²) < 4.78 is 42.4. The number of ether oxygens (including phenoxy) is 3. The number of urea groups is 1. The number of nitrogens with one attached hydrogen (secondary N) is 4. The number of hydrogen-bond donors (Lipinski definition) is 4. The summed E-state index contributed by atoms with van der Waals surface area (Å²) in [7, 11) is -0.809. The SMILES string of the molecule is COc1cc(Nc2cc(Oc3ccc(NC(=O)Nc4cc(C(C)(C)C)cc(S(C)(=O)=O)c4OC)c4ccccc34)ccn2)cc(C(=O)NCC[N+]2([O-])CCSCC2)c1. The first-order chi connectivity index (χ1) is 27.5. The van der Waals surface area contributed by atoms with E-state index in [0.717, 1.165) is 17.8 Å². The molecular formula is C42H48N6O8S2. The monoisotopic (exact) mass is 828 g/mol. The van der Waals surface area contributed by atoms with Crippen molar-refractivity contribution in [3.63, 3.8) is 0 Å². The van der Waals surface area contributed by atoms with Crippen LogP contribution in [0.1, 0.15) is 36.7 Å². The maximum absolute atomic E-state index is 13.5. The minimum absolute atomic E-state index is 0.0193. The lowest BCUT2D eigenvalue weighted by atomic mass is 9.86. The largest absolute Gasteiger partial charge is 0.633 e. The molecule has 16 heteroatoms. The summed E-state index contributed by atoms with van der Waals surface area (Å²) in [4.78, 5) is 31.0. The van der Waals surface area contributed by atoms with Crippen molar-refractivity contribution in [3.8, 4) is 23.0 Å². The van der Waals surface area contributed by atoms with Gasteiger partial charge in [0.25, 0.3) is 5.91 Å². The van der Waals surface area contributed by atoms with Gasteiger partial charge < -0.3 is 45.3 Å². The normalized spacial score (nSPS) is 14.0. The molecule has 58 heavy (non-hydrogen) atoms. The number of hydrogen-bond acceptors (Lipinski definition) is 11. The molecule has 2 heterocycles. The van der Waals surface area contributed by atoms with Crippen molar-refractivity contribution in [3.05, 3.63) is 101 Å². The van der Waals surface area contributed by atoms with Gasteiger partial charge in [0.1, 0.15) is 28.0 Å². The number of amides is 3. The molecule has 1 aliphatic rings. The standard InChI is InChI=1S/C42H48N6O8S2/c1-42(2,3)28-23-35(39(55-5)37(24-28)58(6,52)53)47-41(50)46-34-11-12-36(33-10-8-7-9-32(33)34)56-30-13-14-43-38(26-30)45-29-21-27(22-31(25-29)54-4)40(49)44-15-16-48(51)17-19-57-20-18-48/h7-14,21-26H,15-20H2,1-6H3,(H,43,45)(H,44,49)(H2,46,47,50). The number of fused-ring (bicyclic) bond motifs is 1. The Bertz CT molecular complexity index is 2430. The average molecular weight is 829 g/mol. The number of carbonyl (C=O) groups excluding carboxylic acids is 2. The molecule has 0 aliphatic carbocycles. The van der Waals surface area contributed by atoms with Crippen LogP contribution in [-0.4, -0.2) is 88.1 Å². The van der Waals surface area contributed by atoms with Crippen LogP contribution in [0.5, 0.6) is 23.0 Å². The van der Waals surface area contributed by atoms with Crippen molar-refractivity contribution in [1.29, 1.82) is 0 Å². The maximum atomic E-state index is 13.5. The second-order valence-electron chi connectivity index (χ2n) is 15.0. The molecule has 5 aromatic rings. The van der Waals surface area contributed by atoms with Gasteiger partial charge >= 0.3 is 6.03 Å². The topological polar surface area (TPSA) is 180 Å². The molecule has 0 unspecified atom stereocenters. The van der Waals surface area contributed by atoms with Crippen LogP contribution in [0.25, 0.3) is 10.8 Å². The number of benzene rings is 4. The fourth-order valence-electron chi connectivity index (χ4n) is 6.47. The van der Waals surface area contributed by atoms with Crippen LogP contribution in [0.3, 0.4) is 0 Å². The molecule has 306 valence electrons. The van der Waals surface area contributed by atoms with Gasteiger partial charge in [0.2, 0.25) is 0 Å². The lowest BCUT2D eigenvalue weighted by molar-refractivity contribution is -0.875. The lowest BCUT2D eigenvalue weighted by Crippen LogP contribution is -2.51. The zero-order chi connectivity index (χ0) is 41.7. The van der Waals surface area contributed by atoms with Crippen LogP contribution in [-0.2, 0) is 15.3 Å². The third-order valence-electron chi connectivity index (χ3n) is 9.63. The minimum Gasteiger partial charge on any atom is -0.633 e. The second kappa shape index (κ2) is 17.5. The van der Waals surface area contributed by atoms with Gasteiger partial charge in [-0.2, -0.15) is 11.8 Å². The summed E-state index contributed by atoms with van der Waals surface area (Å²) in [6.07, 6.45) is 2.69. The molecule has 3 amide bonds. The highest BCUT2D eigenvalue weighted by atomic mass is 32.2. The zero-order valence-electron chi connectivity index (χ0n) is 33.3. The van der Waals surface area contributed by atoms with Crippen LogP contribution in [0, 0.1) is 5.21 Å². The molecule has 0 saturated carbocycles. The average Bonchev–Trinajstić information content (AvgIpc) is 3.18. The third kappa shape index (κ3) is 10.3. The zero-order valence-corrected chi connectivity index (χ0v) is 34.9. The molecule has 1 saturated heterocycles. The van der Waals surface area contributed by atoms with Gasteiger partial charge in [-0.25, -0.2) is 18.2 Å². The van der Waals surface area contributed by atoms with Gasteiger partial charge in [-0.1, -0.05) is 45.0 Å². The molecular weight excluding hydrogens is 781 g/mol. The summed E-state index contributed by atoms with van der Waals surface area (Å²) in [5.74, 6) is 3.28. The molecule has 6 rings (SSSR count). The van der Waals surface area contributed by atoms with Crippen molar-refractivity contribution in [1.82, 2.24) is 10.3 Å². The Labute approximate surface area is 342 Å². The number of nitrogens with zero attached hydrogens (tertiary/aromatic N) is 2. The number of thioether (sulfide) groups is 1. The first kappa shape index (κ1) is 42.1. The Balaban J connectivity index is 1.17. The molecule has 14 nitrogen and oxygen atoms in total. The number of hydroxylamine groups is 3. The third-order valence-corrected chi connectivity index (χ3v) is 11.7. The van der Waals surface area contributed by atoms with E-state index in [1.54, 1.807) is 72.6 Å². The van der Waals surface area contributed by atoms with Crippen molar-refractivity contribution in [2.45, 2.75) is 31.1 Å². The number of sulfone groups is 1. The molecule has 1 fully saturated rings. The van der Waals surface area contributed by atoms with Crippen LogP contribution in [0.4, 0.5) is 27.7 Å². The number of quaternary nitrogens is 1. The molecule has 0 atom stereocenters. The van der Waals surface area contributed by atoms with E-state index in [4.69, 9.17) is 14.2 Å². The molecule has 0 spiro atoms. The first-order valence-electron chi connectivity index (χ1n) is 18.6. The van der Waals surface area contributed by atoms with Crippen molar-refractivity contribution in [2.24, 2.45) is 0 Å². The highest BCUT2D eigenvalue weighted by molar-refractivity contribution is 7.99.